The Kier molecular flexibility index (Phi) is 8.00. The summed E-state index contributed by atoms with van der Waals surface area (Å²) in [5.74, 6) is 0.243. The molecular weight excluding hydrogens is 425 g/mol. The Hall–Kier alpha value is -2.16. The number of benzene rings is 1. The first-order valence-electron chi connectivity index (χ1n) is 11.6. The number of amides is 2. The van der Waals surface area contributed by atoms with Crippen molar-refractivity contribution in [2.24, 2.45) is 5.92 Å². The smallest absolute Gasteiger partial charge is 0.314 e. The zero-order valence-electron chi connectivity index (χ0n) is 18.8. The molecule has 1 aromatic heterocycles. The van der Waals surface area contributed by atoms with Crippen LogP contribution in [0.2, 0.25) is 0 Å². The highest BCUT2D eigenvalue weighted by atomic mass is 32.1. The molecule has 2 saturated heterocycles. The van der Waals surface area contributed by atoms with Crippen LogP contribution in [0.1, 0.15) is 23.8 Å². The van der Waals surface area contributed by atoms with Gasteiger partial charge in [0.25, 0.3) is 0 Å². The molecule has 2 fully saturated rings. The van der Waals surface area contributed by atoms with E-state index in [4.69, 9.17) is 0 Å². The van der Waals surface area contributed by atoms with Crippen LogP contribution in [-0.2, 0) is 0 Å². The zero-order valence-corrected chi connectivity index (χ0v) is 19.6. The Balaban J connectivity index is 1.15. The highest BCUT2D eigenvalue weighted by Crippen LogP contribution is 2.36. The maximum atomic E-state index is 13.1. The van der Waals surface area contributed by atoms with E-state index in [1.807, 2.05) is 12.1 Å². The SMILES string of the molecule is CN1CCCC(CNC(=O)NCCN2CCN(c3ccc(F)cc3)CC2)C1c1cccs1. The molecule has 0 saturated carbocycles. The van der Waals surface area contributed by atoms with Crippen LogP contribution >= 0.6 is 11.3 Å². The molecule has 2 unspecified atom stereocenters. The minimum absolute atomic E-state index is 0.0758. The van der Waals surface area contributed by atoms with Crippen molar-refractivity contribution in [1.82, 2.24) is 20.4 Å². The topological polar surface area (TPSA) is 50.9 Å². The van der Waals surface area contributed by atoms with Gasteiger partial charge in [0.2, 0.25) is 0 Å². The summed E-state index contributed by atoms with van der Waals surface area (Å²) in [5.41, 5.74) is 1.07. The summed E-state index contributed by atoms with van der Waals surface area (Å²) in [6.45, 7) is 7.01. The Bertz CT molecular complexity index is 839. The molecule has 174 valence electrons. The zero-order chi connectivity index (χ0) is 22.3. The number of rotatable bonds is 7. The van der Waals surface area contributed by atoms with E-state index in [9.17, 15) is 9.18 Å². The van der Waals surface area contributed by atoms with Crippen LogP contribution in [0.25, 0.3) is 0 Å². The molecule has 4 rings (SSSR count). The number of nitrogens with one attached hydrogen (secondary N) is 2. The number of hydrogen-bond acceptors (Lipinski definition) is 5. The van der Waals surface area contributed by atoms with E-state index < -0.39 is 0 Å². The van der Waals surface area contributed by atoms with Gasteiger partial charge in [-0.1, -0.05) is 6.07 Å². The first kappa shape index (κ1) is 23.0. The highest BCUT2D eigenvalue weighted by Gasteiger charge is 2.31. The Morgan fingerprint density at radius 3 is 2.59 bits per heavy atom. The van der Waals surface area contributed by atoms with Gasteiger partial charge in [-0.05, 0) is 68.1 Å². The van der Waals surface area contributed by atoms with Crippen LogP contribution in [-0.4, -0.2) is 75.2 Å². The van der Waals surface area contributed by atoms with Crippen molar-refractivity contribution in [2.45, 2.75) is 18.9 Å². The number of anilines is 1. The van der Waals surface area contributed by atoms with Gasteiger partial charge in [-0.2, -0.15) is 0 Å². The van der Waals surface area contributed by atoms with Crippen molar-refractivity contribution in [1.29, 1.82) is 0 Å². The average molecular weight is 460 g/mol. The number of carbonyl (C=O) groups is 1. The van der Waals surface area contributed by atoms with Gasteiger partial charge >= 0.3 is 6.03 Å². The molecule has 2 aromatic rings. The molecule has 8 heteroatoms. The van der Waals surface area contributed by atoms with Crippen LogP contribution in [0.3, 0.4) is 0 Å². The fraction of sp³-hybridized carbons (Fsp3) is 0.542. The molecular formula is C24H34FN5OS. The van der Waals surface area contributed by atoms with Gasteiger partial charge in [0.15, 0.2) is 0 Å². The molecule has 0 bridgehead atoms. The number of urea groups is 1. The van der Waals surface area contributed by atoms with Gasteiger partial charge in [-0.15, -0.1) is 11.3 Å². The van der Waals surface area contributed by atoms with Gasteiger partial charge < -0.3 is 15.5 Å². The molecule has 0 radical (unpaired) electrons. The third kappa shape index (κ3) is 5.99. The minimum Gasteiger partial charge on any atom is -0.369 e. The Morgan fingerprint density at radius 1 is 1.09 bits per heavy atom. The normalized spacial score (nSPS) is 22.6. The molecule has 2 atom stereocenters. The molecule has 2 aliphatic rings. The second kappa shape index (κ2) is 11.1. The number of nitrogens with zero attached hydrogens (tertiary/aromatic N) is 3. The average Bonchev–Trinajstić information content (AvgIpc) is 3.33. The Labute approximate surface area is 194 Å². The lowest BCUT2D eigenvalue weighted by Crippen LogP contribution is -2.49. The summed E-state index contributed by atoms with van der Waals surface area (Å²) in [4.78, 5) is 20.8. The van der Waals surface area contributed by atoms with E-state index in [2.05, 4.69) is 49.9 Å². The van der Waals surface area contributed by atoms with Gasteiger partial charge in [0.05, 0.1) is 0 Å². The largest absolute Gasteiger partial charge is 0.369 e. The first-order valence-corrected chi connectivity index (χ1v) is 12.5. The minimum atomic E-state index is -0.200. The van der Waals surface area contributed by atoms with Gasteiger partial charge in [0, 0.05) is 62.4 Å². The fourth-order valence-electron chi connectivity index (χ4n) is 4.88. The number of carbonyl (C=O) groups excluding carboxylic acids is 1. The molecule has 32 heavy (non-hydrogen) atoms. The van der Waals surface area contributed by atoms with Crippen molar-refractivity contribution < 1.29 is 9.18 Å². The number of piperazine rings is 1. The molecule has 3 heterocycles. The van der Waals surface area contributed by atoms with E-state index in [1.165, 1.54) is 23.4 Å². The van der Waals surface area contributed by atoms with E-state index in [0.717, 1.165) is 51.4 Å². The highest BCUT2D eigenvalue weighted by molar-refractivity contribution is 7.10. The second-order valence-electron chi connectivity index (χ2n) is 8.79. The van der Waals surface area contributed by atoms with E-state index >= 15 is 0 Å². The van der Waals surface area contributed by atoms with Crippen LogP contribution in [0.4, 0.5) is 14.9 Å². The van der Waals surface area contributed by atoms with Crippen LogP contribution < -0.4 is 15.5 Å². The van der Waals surface area contributed by atoms with Crippen LogP contribution in [0.15, 0.2) is 41.8 Å². The molecule has 6 nitrogen and oxygen atoms in total. The maximum absolute atomic E-state index is 13.1. The van der Waals surface area contributed by atoms with Crippen LogP contribution in [0.5, 0.6) is 0 Å². The van der Waals surface area contributed by atoms with Crippen LogP contribution in [0, 0.1) is 11.7 Å². The molecule has 2 N–H and O–H groups in total. The van der Waals surface area contributed by atoms with E-state index in [-0.39, 0.29) is 11.8 Å². The fourth-order valence-corrected chi connectivity index (χ4v) is 5.86. The predicted molar refractivity (Wildman–Crippen MR) is 129 cm³/mol. The second-order valence-corrected chi connectivity index (χ2v) is 9.76. The summed E-state index contributed by atoms with van der Waals surface area (Å²) in [6.07, 6.45) is 2.32. The third-order valence-corrected chi connectivity index (χ3v) is 7.59. The lowest BCUT2D eigenvalue weighted by atomic mass is 9.88. The summed E-state index contributed by atoms with van der Waals surface area (Å²) >= 11 is 1.80. The van der Waals surface area contributed by atoms with Gasteiger partial charge in [0.1, 0.15) is 5.82 Å². The molecule has 2 aliphatic heterocycles. The number of halogens is 1. The van der Waals surface area contributed by atoms with E-state index in [0.29, 0.717) is 25.0 Å². The first-order chi connectivity index (χ1) is 15.6. The standard InChI is InChI=1S/C24H34FN5OS/c1-28-11-2-4-19(23(28)22-5-3-17-32-22)18-27-24(31)26-10-12-29-13-15-30(16-14-29)21-8-6-20(25)7-9-21/h3,5-9,17,19,23H,2,4,10-16,18H2,1H3,(H2,26,27,31). The maximum Gasteiger partial charge on any atom is 0.314 e. The summed E-state index contributed by atoms with van der Waals surface area (Å²) in [5, 5.41) is 8.26. The molecule has 0 aliphatic carbocycles. The van der Waals surface area contributed by atoms with Crippen molar-refractivity contribution in [3.8, 4) is 0 Å². The number of piperidine rings is 1. The summed E-state index contributed by atoms with van der Waals surface area (Å²) < 4.78 is 13.1. The lowest BCUT2D eigenvalue weighted by molar-refractivity contribution is 0.123. The Morgan fingerprint density at radius 2 is 1.88 bits per heavy atom. The van der Waals surface area contributed by atoms with Gasteiger partial charge in [-0.3, -0.25) is 9.80 Å². The van der Waals surface area contributed by atoms with Gasteiger partial charge in [-0.25, -0.2) is 9.18 Å². The van der Waals surface area contributed by atoms with E-state index in [1.54, 1.807) is 11.3 Å². The van der Waals surface area contributed by atoms with Crippen molar-refractivity contribution in [2.75, 3.05) is 64.3 Å². The monoisotopic (exact) mass is 459 g/mol. The third-order valence-electron chi connectivity index (χ3n) is 6.64. The predicted octanol–water partition coefficient (Wildman–Crippen LogP) is 3.39. The summed E-state index contributed by atoms with van der Waals surface area (Å²) in [7, 11) is 2.19. The molecule has 0 spiro atoms. The number of thiophene rings is 1. The van der Waals surface area contributed by atoms with Crippen molar-refractivity contribution in [3.05, 3.63) is 52.5 Å². The quantitative estimate of drug-likeness (QED) is 0.667. The summed E-state index contributed by atoms with van der Waals surface area (Å²) in [6, 6.07) is 11.3. The van der Waals surface area contributed by atoms with Crippen molar-refractivity contribution >= 4 is 23.1 Å². The molecule has 2 amide bonds. The number of hydrogen-bond donors (Lipinski definition) is 2. The molecule has 1 aromatic carbocycles. The van der Waals surface area contributed by atoms with Crippen molar-refractivity contribution in [3.63, 3.8) is 0 Å². The number of likely N-dealkylation sites (tertiary alicyclic amines) is 1. The lowest BCUT2D eigenvalue weighted by Gasteiger charge is -2.38.